The Morgan fingerprint density at radius 1 is 0.963 bits per heavy atom. The molecule has 0 bridgehead atoms. The lowest BCUT2D eigenvalue weighted by molar-refractivity contribution is -0.134. The number of benzene rings is 2. The normalized spacial score (nSPS) is 10.4. The highest BCUT2D eigenvalue weighted by Crippen LogP contribution is 2.14. The Hall–Kier alpha value is -2.41. The molecule has 27 heavy (non-hydrogen) atoms. The molecule has 0 radical (unpaired) electrons. The van der Waals surface area contributed by atoms with Crippen LogP contribution in [0.2, 0.25) is 0 Å². The van der Waals surface area contributed by atoms with Gasteiger partial charge in [-0.15, -0.1) is 0 Å². The number of hydrogen-bond acceptors (Lipinski definition) is 3. The first kappa shape index (κ1) is 19.4. The summed E-state index contributed by atoms with van der Waals surface area (Å²) in [6.07, 6.45) is 4.33. The van der Waals surface area contributed by atoms with Crippen molar-refractivity contribution in [1.82, 2.24) is 9.88 Å². The van der Waals surface area contributed by atoms with Crippen molar-refractivity contribution >= 4 is 28.5 Å². The zero-order chi connectivity index (χ0) is 18.9. The molecule has 0 saturated carbocycles. The van der Waals surface area contributed by atoms with Crippen LogP contribution >= 0.6 is 22.6 Å². The number of amides is 1. The standard InChI is InChI=1S/C22H21IN2O2/c23-20-8-10-21(11-9-20)27-17-22(26)25(16-19-7-4-13-24-15-19)14-12-18-5-2-1-3-6-18/h1-11,13,15H,12,14,16-17H2. The predicted octanol–water partition coefficient (Wildman–Crippen LogP) is 4.34. The van der Waals surface area contributed by atoms with E-state index in [1.807, 2.05) is 59.5 Å². The van der Waals surface area contributed by atoms with E-state index in [-0.39, 0.29) is 12.5 Å². The predicted molar refractivity (Wildman–Crippen MR) is 114 cm³/mol. The van der Waals surface area contributed by atoms with Gasteiger partial charge in [0.1, 0.15) is 5.75 Å². The number of pyridine rings is 1. The van der Waals surface area contributed by atoms with Crippen LogP contribution in [0.3, 0.4) is 0 Å². The highest BCUT2D eigenvalue weighted by atomic mass is 127. The van der Waals surface area contributed by atoms with Crippen molar-refractivity contribution in [1.29, 1.82) is 0 Å². The minimum absolute atomic E-state index is 0.0235. The Morgan fingerprint density at radius 2 is 1.70 bits per heavy atom. The van der Waals surface area contributed by atoms with E-state index in [1.54, 1.807) is 12.4 Å². The van der Waals surface area contributed by atoms with Crippen molar-refractivity contribution in [3.05, 3.63) is 93.8 Å². The topological polar surface area (TPSA) is 42.4 Å². The van der Waals surface area contributed by atoms with Gasteiger partial charge in [-0.1, -0.05) is 36.4 Å². The number of rotatable bonds is 8. The first-order valence-corrected chi connectivity index (χ1v) is 9.87. The molecule has 0 aliphatic rings. The molecule has 4 nitrogen and oxygen atoms in total. The number of aromatic nitrogens is 1. The Bertz CT molecular complexity index is 839. The van der Waals surface area contributed by atoms with Gasteiger partial charge in [0.05, 0.1) is 0 Å². The van der Waals surface area contributed by atoms with Crippen LogP contribution < -0.4 is 4.74 Å². The van der Waals surface area contributed by atoms with Crippen molar-refractivity contribution in [2.24, 2.45) is 0 Å². The summed E-state index contributed by atoms with van der Waals surface area (Å²) in [5, 5.41) is 0. The molecule has 0 spiro atoms. The third-order valence-electron chi connectivity index (χ3n) is 4.14. The maximum absolute atomic E-state index is 12.8. The zero-order valence-electron chi connectivity index (χ0n) is 14.9. The molecule has 0 N–H and O–H groups in total. The van der Waals surface area contributed by atoms with Crippen molar-refractivity contribution in [3.8, 4) is 5.75 Å². The molecule has 0 atom stereocenters. The van der Waals surface area contributed by atoms with Gasteiger partial charge in [-0.25, -0.2) is 0 Å². The summed E-state index contributed by atoms with van der Waals surface area (Å²) >= 11 is 2.24. The summed E-state index contributed by atoms with van der Waals surface area (Å²) in [5.41, 5.74) is 2.22. The fourth-order valence-electron chi connectivity index (χ4n) is 2.68. The molecular weight excluding hydrogens is 451 g/mol. The van der Waals surface area contributed by atoms with E-state index in [9.17, 15) is 4.79 Å². The van der Waals surface area contributed by atoms with Crippen LogP contribution in [-0.4, -0.2) is 28.9 Å². The number of carbonyl (C=O) groups is 1. The number of ether oxygens (including phenoxy) is 1. The van der Waals surface area contributed by atoms with E-state index in [2.05, 4.69) is 39.7 Å². The van der Waals surface area contributed by atoms with E-state index in [0.717, 1.165) is 15.6 Å². The van der Waals surface area contributed by atoms with Gasteiger partial charge in [-0.3, -0.25) is 9.78 Å². The van der Waals surface area contributed by atoms with Gasteiger partial charge in [0.2, 0.25) is 0 Å². The van der Waals surface area contributed by atoms with Gasteiger partial charge in [0.25, 0.3) is 5.91 Å². The molecule has 3 aromatic rings. The molecule has 0 saturated heterocycles. The lowest BCUT2D eigenvalue weighted by Gasteiger charge is -2.23. The molecule has 2 aromatic carbocycles. The lowest BCUT2D eigenvalue weighted by atomic mass is 10.1. The van der Waals surface area contributed by atoms with Crippen LogP contribution in [-0.2, 0) is 17.8 Å². The van der Waals surface area contributed by atoms with E-state index < -0.39 is 0 Å². The molecule has 1 aromatic heterocycles. The summed E-state index contributed by atoms with van der Waals surface area (Å²) in [6, 6.07) is 21.7. The summed E-state index contributed by atoms with van der Waals surface area (Å²) in [4.78, 5) is 18.8. The summed E-state index contributed by atoms with van der Waals surface area (Å²) in [6.45, 7) is 1.18. The second-order valence-corrected chi connectivity index (χ2v) is 7.40. The van der Waals surface area contributed by atoms with Gasteiger partial charge in [0, 0.05) is 29.1 Å². The Kier molecular flexibility index (Phi) is 7.21. The molecule has 0 fully saturated rings. The quantitative estimate of drug-likeness (QED) is 0.459. The second-order valence-electron chi connectivity index (χ2n) is 6.15. The average molecular weight is 472 g/mol. The summed E-state index contributed by atoms with van der Waals surface area (Å²) in [5.74, 6) is 0.668. The van der Waals surface area contributed by atoms with Crippen molar-refractivity contribution < 1.29 is 9.53 Å². The maximum atomic E-state index is 12.8. The lowest BCUT2D eigenvalue weighted by Crippen LogP contribution is -2.36. The van der Waals surface area contributed by atoms with Gasteiger partial charge < -0.3 is 9.64 Å². The first-order chi connectivity index (χ1) is 13.2. The van der Waals surface area contributed by atoms with Crippen molar-refractivity contribution in [3.63, 3.8) is 0 Å². The molecule has 5 heteroatoms. The molecule has 0 aliphatic heterocycles. The van der Waals surface area contributed by atoms with E-state index >= 15 is 0 Å². The molecule has 3 rings (SSSR count). The van der Waals surface area contributed by atoms with Gasteiger partial charge >= 0.3 is 0 Å². The van der Waals surface area contributed by atoms with Crippen LogP contribution in [0.15, 0.2) is 79.1 Å². The van der Waals surface area contributed by atoms with Gasteiger partial charge in [-0.05, 0) is 70.5 Å². The molecule has 1 amide bonds. The van der Waals surface area contributed by atoms with Crippen molar-refractivity contribution in [2.45, 2.75) is 13.0 Å². The molecule has 1 heterocycles. The number of carbonyl (C=O) groups excluding carboxylic acids is 1. The SMILES string of the molecule is O=C(COc1ccc(I)cc1)N(CCc1ccccc1)Cc1cccnc1. The Labute approximate surface area is 173 Å². The largest absolute Gasteiger partial charge is 0.484 e. The summed E-state index contributed by atoms with van der Waals surface area (Å²) < 4.78 is 6.82. The van der Waals surface area contributed by atoms with E-state index in [4.69, 9.17) is 4.74 Å². The zero-order valence-corrected chi connectivity index (χ0v) is 17.1. The van der Waals surface area contributed by atoms with E-state index in [0.29, 0.717) is 18.8 Å². The first-order valence-electron chi connectivity index (χ1n) is 8.80. The fourth-order valence-corrected chi connectivity index (χ4v) is 3.04. The van der Waals surface area contributed by atoms with Gasteiger partial charge in [0.15, 0.2) is 6.61 Å². The smallest absolute Gasteiger partial charge is 0.260 e. The van der Waals surface area contributed by atoms with Crippen LogP contribution in [0.25, 0.3) is 0 Å². The second kappa shape index (κ2) is 10.1. The average Bonchev–Trinajstić information content (AvgIpc) is 2.72. The number of nitrogens with zero attached hydrogens (tertiary/aromatic N) is 2. The van der Waals surface area contributed by atoms with Crippen LogP contribution in [0.4, 0.5) is 0 Å². The molecule has 138 valence electrons. The maximum Gasteiger partial charge on any atom is 0.260 e. The highest BCUT2D eigenvalue weighted by Gasteiger charge is 2.15. The fraction of sp³-hybridized carbons (Fsp3) is 0.182. The third-order valence-corrected chi connectivity index (χ3v) is 4.86. The van der Waals surface area contributed by atoms with Crippen LogP contribution in [0.5, 0.6) is 5.75 Å². The Balaban J connectivity index is 1.63. The van der Waals surface area contributed by atoms with Crippen LogP contribution in [0.1, 0.15) is 11.1 Å². The number of hydrogen-bond donors (Lipinski definition) is 0. The number of halogens is 1. The van der Waals surface area contributed by atoms with Gasteiger partial charge in [-0.2, -0.15) is 0 Å². The highest BCUT2D eigenvalue weighted by molar-refractivity contribution is 14.1. The van der Waals surface area contributed by atoms with Crippen LogP contribution in [0, 0.1) is 3.57 Å². The molecular formula is C22H21IN2O2. The molecule has 0 aliphatic carbocycles. The van der Waals surface area contributed by atoms with Crippen molar-refractivity contribution in [2.75, 3.05) is 13.2 Å². The Morgan fingerprint density at radius 3 is 2.41 bits per heavy atom. The third kappa shape index (κ3) is 6.36. The monoisotopic (exact) mass is 472 g/mol. The molecule has 0 unspecified atom stereocenters. The minimum atomic E-state index is -0.0339. The van der Waals surface area contributed by atoms with E-state index in [1.165, 1.54) is 5.56 Å². The summed E-state index contributed by atoms with van der Waals surface area (Å²) in [7, 11) is 0. The minimum Gasteiger partial charge on any atom is -0.484 e.